The number of aromatic hydroxyl groups is 1. The van der Waals surface area contributed by atoms with E-state index in [1.165, 1.54) is 5.56 Å². The van der Waals surface area contributed by atoms with E-state index >= 15 is 0 Å². The van der Waals surface area contributed by atoms with Crippen LogP contribution in [0.15, 0.2) is 12.1 Å². The zero-order valence-corrected chi connectivity index (χ0v) is 12.6. The zero-order chi connectivity index (χ0) is 14.7. The molecule has 0 aromatic heterocycles. The van der Waals surface area contributed by atoms with E-state index in [9.17, 15) is 9.90 Å². The molecule has 0 bridgehead atoms. The van der Waals surface area contributed by atoms with Gasteiger partial charge in [0.05, 0.1) is 0 Å². The lowest BCUT2D eigenvalue weighted by molar-refractivity contribution is -0.129. The number of phenolic OH excluding ortho intramolecular Hbond substituents is 1. The predicted molar refractivity (Wildman–Crippen MR) is 79.7 cm³/mol. The summed E-state index contributed by atoms with van der Waals surface area (Å²) in [7, 11) is 0. The maximum absolute atomic E-state index is 11.3. The standard InChI is InChI=1S/C16H24N2O2/c1-11-8-14(9-12(2)16(11)20)10-17-15-4-6-18(7-5-15)13(3)19/h8-9,15,17,20H,4-7,10H2,1-3H3. The molecule has 1 saturated heterocycles. The first-order chi connectivity index (χ1) is 9.47. The number of nitrogens with one attached hydrogen (secondary N) is 1. The lowest BCUT2D eigenvalue weighted by atomic mass is 10.0. The quantitative estimate of drug-likeness (QED) is 0.889. The molecule has 1 aromatic rings. The van der Waals surface area contributed by atoms with Crippen LogP contribution in [0.25, 0.3) is 0 Å². The van der Waals surface area contributed by atoms with E-state index in [0.29, 0.717) is 11.8 Å². The molecule has 0 unspecified atom stereocenters. The molecule has 1 aliphatic heterocycles. The van der Waals surface area contributed by atoms with Gasteiger partial charge in [0.2, 0.25) is 5.91 Å². The molecule has 1 aromatic carbocycles. The van der Waals surface area contributed by atoms with Gasteiger partial charge in [-0.3, -0.25) is 4.79 Å². The molecule has 0 spiro atoms. The van der Waals surface area contributed by atoms with E-state index < -0.39 is 0 Å². The number of hydrogen-bond acceptors (Lipinski definition) is 3. The highest BCUT2D eigenvalue weighted by Crippen LogP contribution is 2.23. The summed E-state index contributed by atoms with van der Waals surface area (Å²) in [4.78, 5) is 13.2. The Bertz CT molecular complexity index is 468. The average molecular weight is 276 g/mol. The first-order valence-corrected chi connectivity index (χ1v) is 7.25. The maximum Gasteiger partial charge on any atom is 0.219 e. The van der Waals surface area contributed by atoms with Gasteiger partial charge in [0, 0.05) is 32.6 Å². The second-order valence-corrected chi connectivity index (χ2v) is 5.74. The fraction of sp³-hybridized carbons (Fsp3) is 0.562. The highest BCUT2D eigenvalue weighted by Gasteiger charge is 2.20. The molecule has 110 valence electrons. The summed E-state index contributed by atoms with van der Waals surface area (Å²) < 4.78 is 0. The molecule has 0 atom stereocenters. The highest BCUT2D eigenvalue weighted by molar-refractivity contribution is 5.73. The normalized spacial score (nSPS) is 16.4. The van der Waals surface area contributed by atoms with E-state index in [2.05, 4.69) is 5.32 Å². The van der Waals surface area contributed by atoms with Crippen molar-refractivity contribution in [3.05, 3.63) is 28.8 Å². The van der Waals surface area contributed by atoms with Gasteiger partial charge in [-0.05, 0) is 43.4 Å². The summed E-state index contributed by atoms with van der Waals surface area (Å²) in [5, 5.41) is 13.3. The van der Waals surface area contributed by atoms with Crippen LogP contribution in [0.4, 0.5) is 0 Å². The van der Waals surface area contributed by atoms with Crippen LogP contribution in [0.2, 0.25) is 0 Å². The van der Waals surface area contributed by atoms with Gasteiger partial charge in [0.25, 0.3) is 0 Å². The number of benzene rings is 1. The average Bonchev–Trinajstić information content (AvgIpc) is 2.42. The Balaban J connectivity index is 1.86. The molecule has 1 aliphatic rings. The lowest BCUT2D eigenvalue weighted by Gasteiger charge is -2.31. The van der Waals surface area contributed by atoms with E-state index in [4.69, 9.17) is 0 Å². The summed E-state index contributed by atoms with van der Waals surface area (Å²) in [5.74, 6) is 0.566. The summed E-state index contributed by atoms with van der Waals surface area (Å²) in [6, 6.07) is 4.53. The molecule has 0 saturated carbocycles. The number of likely N-dealkylation sites (tertiary alicyclic amines) is 1. The van der Waals surface area contributed by atoms with Gasteiger partial charge < -0.3 is 15.3 Å². The van der Waals surface area contributed by atoms with E-state index in [1.54, 1.807) is 6.92 Å². The van der Waals surface area contributed by atoms with Gasteiger partial charge in [-0.25, -0.2) is 0 Å². The smallest absolute Gasteiger partial charge is 0.219 e. The topological polar surface area (TPSA) is 52.6 Å². The molecule has 2 rings (SSSR count). The minimum Gasteiger partial charge on any atom is -0.507 e. The minimum atomic E-state index is 0.174. The van der Waals surface area contributed by atoms with Crippen molar-refractivity contribution in [3.8, 4) is 5.75 Å². The molecule has 1 heterocycles. The molecule has 4 heteroatoms. The van der Waals surface area contributed by atoms with Gasteiger partial charge in [0.1, 0.15) is 5.75 Å². The number of rotatable bonds is 3. The number of nitrogens with zero attached hydrogens (tertiary/aromatic N) is 1. The zero-order valence-electron chi connectivity index (χ0n) is 12.6. The lowest BCUT2D eigenvalue weighted by Crippen LogP contribution is -2.43. The van der Waals surface area contributed by atoms with Crippen LogP contribution in [-0.4, -0.2) is 35.0 Å². The first-order valence-electron chi connectivity index (χ1n) is 7.25. The molecular formula is C16H24N2O2. The Morgan fingerprint density at radius 2 is 1.85 bits per heavy atom. The van der Waals surface area contributed by atoms with Crippen molar-refractivity contribution in [1.29, 1.82) is 0 Å². The minimum absolute atomic E-state index is 0.174. The Morgan fingerprint density at radius 3 is 2.35 bits per heavy atom. The van der Waals surface area contributed by atoms with E-state index in [0.717, 1.165) is 43.6 Å². The summed E-state index contributed by atoms with van der Waals surface area (Å²) >= 11 is 0. The molecule has 0 radical (unpaired) electrons. The van der Waals surface area contributed by atoms with Crippen molar-refractivity contribution in [2.45, 2.75) is 46.2 Å². The number of aryl methyl sites for hydroxylation is 2. The second-order valence-electron chi connectivity index (χ2n) is 5.74. The molecule has 20 heavy (non-hydrogen) atoms. The number of piperidine rings is 1. The van der Waals surface area contributed by atoms with Gasteiger partial charge in [-0.1, -0.05) is 12.1 Å². The van der Waals surface area contributed by atoms with Crippen molar-refractivity contribution in [2.75, 3.05) is 13.1 Å². The Kier molecular flexibility index (Phi) is 4.65. The van der Waals surface area contributed by atoms with Gasteiger partial charge >= 0.3 is 0 Å². The molecule has 1 fully saturated rings. The van der Waals surface area contributed by atoms with Gasteiger partial charge in [0.15, 0.2) is 0 Å². The van der Waals surface area contributed by atoms with Crippen molar-refractivity contribution < 1.29 is 9.90 Å². The van der Waals surface area contributed by atoms with Crippen LogP contribution in [0.1, 0.15) is 36.5 Å². The Labute approximate surface area is 120 Å². The fourth-order valence-electron chi connectivity index (χ4n) is 2.81. The van der Waals surface area contributed by atoms with Crippen molar-refractivity contribution in [2.24, 2.45) is 0 Å². The van der Waals surface area contributed by atoms with Crippen LogP contribution >= 0.6 is 0 Å². The van der Waals surface area contributed by atoms with Crippen molar-refractivity contribution in [1.82, 2.24) is 10.2 Å². The van der Waals surface area contributed by atoms with Crippen LogP contribution < -0.4 is 5.32 Å². The van der Waals surface area contributed by atoms with Crippen LogP contribution in [0, 0.1) is 13.8 Å². The fourth-order valence-corrected chi connectivity index (χ4v) is 2.81. The van der Waals surface area contributed by atoms with Crippen LogP contribution in [0.5, 0.6) is 5.75 Å². The van der Waals surface area contributed by atoms with Crippen molar-refractivity contribution >= 4 is 5.91 Å². The number of hydrogen-bond donors (Lipinski definition) is 2. The third-order valence-electron chi connectivity index (χ3n) is 4.09. The monoisotopic (exact) mass is 276 g/mol. The summed E-state index contributed by atoms with van der Waals surface area (Å²) in [6.07, 6.45) is 2.02. The number of carbonyl (C=O) groups is 1. The first kappa shape index (κ1) is 14.9. The molecule has 1 amide bonds. The molecule has 2 N–H and O–H groups in total. The number of amides is 1. The Hall–Kier alpha value is -1.55. The largest absolute Gasteiger partial charge is 0.507 e. The number of phenols is 1. The molecule has 0 aliphatic carbocycles. The third kappa shape index (κ3) is 3.51. The summed E-state index contributed by atoms with van der Waals surface area (Å²) in [5.41, 5.74) is 3.05. The van der Waals surface area contributed by atoms with Gasteiger partial charge in [-0.2, -0.15) is 0 Å². The number of carbonyl (C=O) groups excluding carboxylic acids is 1. The van der Waals surface area contributed by atoms with E-state index in [-0.39, 0.29) is 5.91 Å². The molecular weight excluding hydrogens is 252 g/mol. The Morgan fingerprint density at radius 1 is 1.30 bits per heavy atom. The summed E-state index contributed by atoms with van der Waals surface area (Å²) in [6.45, 7) is 8.00. The predicted octanol–water partition coefficient (Wildman–Crippen LogP) is 2.11. The van der Waals surface area contributed by atoms with E-state index in [1.807, 2.05) is 30.9 Å². The maximum atomic E-state index is 11.3. The van der Waals surface area contributed by atoms with Gasteiger partial charge in [-0.15, -0.1) is 0 Å². The van der Waals surface area contributed by atoms with Crippen LogP contribution in [0.3, 0.4) is 0 Å². The second kappa shape index (κ2) is 6.27. The highest BCUT2D eigenvalue weighted by atomic mass is 16.3. The van der Waals surface area contributed by atoms with Crippen LogP contribution in [-0.2, 0) is 11.3 Å². The third-order valence-corrected chi connectivity index (χ3v) is 4.09. The SMILES string of the molecule is CC(=O)N1CCC(NCc2cc(C)c(O)c(C)c2)CC1. The van der Waals surface area contributed by atoms with Crippen molar-refractivity contribution in [3.63, 3.8) is 0 Å². The molecule has 4 nitrogen and oxygen atoms in total.